The minimum absolute atomic E-state index is 0.0851. The van der Waals surface area contributed by atoms with Gasteiger partial charge in [-0.25, -0.2) is 0 Å². The lowest BCUT2D eigenvalue weighted by Gasteiger charge is -2.11. The van der Waals surface area contributed by atoms with Crippen LogP contribution in [0.15, 0.2) is 41.5 Å². The van der Waals surface area contributed by atoms with Crippen molar-refractivity contribution in [3.05, 3.63) is 46.5 Å². The molecular weight excluding hydrogens is 230 g/mol. The van der Waals surface area contributed by atoms with E-state index >= 15 is 0 Å². The lowest BCUT2D eigenvalue weighted by atomic mass is 9.96. The minimum Gasteiger partial charge on any atom is -0.279 e. The molecule has 1 aliphatic carbocycles. The fraction of sp³-hybridized carbons (Fsp3) is 0.308. The van der Waals surface area contributed by atoms with E-state index in [0.717, 1.165) is 24.9 Å². The van der Waals surface area contributed by atoms with Crippen LogP contribution in [-0.4, -0.2) is 11.1 Å². The van der Waals surface area contributed by atoms with Crippen LogP contribution in [0, 0.1) is 16.0 Å². The summed E-state index contributed by atoms with van der Waals surface area (Å²) in [6, 6.07) is 6.22. The van der Waals surface area contributed by atoms with Crippen molar-refractivity contribution >= 4 is 17.6 Å². The number of nitrogens with one attached hydrogen (secondary N) is 1. The van der Waals surface area contributed by atoms with Crippen LogP contribution in [0.5, 0.6) is 0 Å². The molecule has 0 aromatic heterocycles. The third-order valence-corrected chi connectivity index (χ3v) is 2.87. The number of allylic oxidation sites excluding steroid dienone is 2. The molecule has 0 aliphatic heterocycles. The van der Waals surface area contributed by atoms with E-state index in [1.54, 1.807) is 12.1 Å². The van der Waals surface area contributed by atoms with Crippen LogP contribution in [0.3, 0.4) is 0 Å². The van der Waals surface area contributed by atoms with Gasteiger partial charge in [0.25, 0.3) is 5.69 Å². The number of anilines is 1. The molecule has 5 heteroatoms. The van der Waals surface area contributed by atoms with E-state index in [9.17, 15) is 10.1 Å². The molecule has 1 N–H and O–H groups in total. The summed E-state index contributed by atoms with van der Waals surface area (Å²) in [5, 5.41) is 14.6. The number of hydrogen-bond donors (Lipinski definition) is 1. The molecule has 0 saturated carbocycles. The molecule has 0 radical (unpaired) electrons. The highest BCUT2D eigenvalue weighted by atomic mass is 16.6. The van der Waals surface area contributed by atoms with Crippen LogP contribution in [0.25, 0.3) is 0 Å². The maximum absolute atomic E-state index is 10.5. The Balaban J connectivity index is 1.87. The summed E-state index contributed by atoms with van der Waals surface area (Å²) in [5.41, 5.74) is 3.72. The van der Waals surface area contributed by atoms with E-state index in [1.807, 2.05) is 6.21 Å². The summed E-state index contributed by atoms with van der Waals surface area (Å²) >= 11 is 0. The zero-order valence-corrected chi connectivity index (χ0v) is 9.95. The summed E-state index contributed by atoms with van der Waals surface area (Å²) in [6.07, 6.45) is 9.53. The average molecular weight is 245 g/mol. The van der Waals surface area contributed by atoms with Crippen molar-refractivity contribution < 1.29 is 4.92 Å². The quantitative estimate of drug-likeness (QED) is 0.383. The third-order valence-electron chi connectivity index (χ3n) is 2.87. The number of benzene rings is 1. The molecule has 0 heterocycles. The molecule has 0 saturated heterocycles. The van der Waals surface area contributed by atoms with Crippen molar-refractivity contribution in [1.29, 1.82) is 0 Å². The maximum Gasteiger partial charge on any atom is 0.269 e. The maximum atomic E-state index is 10.5. The number of hydrazone groups is 1. The van der Waals surface area contributed by atoms with Gasteiger partial charge in [0.2, 0.25) is 0 Å². The lowest BCUT2D eigenvalue weighted by molar-refractivity contribution is -0.384. The van der Waals surface area contributed by atoms with Crippen LogP contribution >= 0.6 is 0 Å². The first-order valence-electron chi connectivity index (χ1n) is 5.94. The lowest BCUT2D eigenvalue weighted by Crippen LogP contribution is -2.05. The third kappa shape index (κ3) is 3.41. The second-order valence-corrected chi connectivity index (χ2v) is 4.24. The summed E-state index contributed by atoms with van der Waals surface area (Å²) in [5.74, 6) is 0.487. The summed E-state index contributed by atoms with van der Waals surface area (Å²) in [6.45, 7) is 0. The van der Waals surface area contributed by atoms with Crippen LogP contribution in [0.4, 0.5) is 11.4 Å². The Labute approximate surface area is 105 Å². The molecule has 0 spiro atoms. The Hall–Kier alpha value is -2.17. The van der Waals surface area contributed by atoms with Crippen LogP contribution in [0.1, 0.15) is 19.3 Å². The van der Waals surface area contributed by atoms with Gasteiger partial charge in [-0.1, -0.05) is 12.2 Å². The number of hydrogen-bond acceptors (Lipinski definition) is 4. The summed E-state index contributed by atoms with van der Waals surface area (Å²) in [4.78, 5) is 10.1. The molecule has 0 fully saturated rings. The first kappa shape index (κ1) is 12.3. The Morgan fingerprint density at radius 2 is 2.11 bits per heavy atom. The summed E-state index contributed by atoms with van der Waals surface area (Å²) < 4.78 is 0. The average Bonchev–Trinajstić information content (AvgIpc) is 2.40. The van der Waals surface area contributed by atoms with Gasteiger partial charge in [-0.15, -0.1) is 0 Å². The number of nitrogens with zero attached hydrogens (tertiary/aromatic N) is 2. The molecule has 1 aromatic rings. The van der Waals surface area contributed by atoms with E-state index in [1.165, 1.54) is 12.1 Å². The van der Waals surface area contributed by atoms with Crippen molar-refractivity contribution in [3.63, 3.8) is 0 Å². The van der Waals surface area contributed by atoms with E-state index in [4.69, 9.17) is 0 Å². The topological polar surface area (TPSA) is 67.5 Å². The molecule has 94 valence electrons. The molecule has 2 rings (SSSR count). The van der Waals surface area contributed by atoms with Gasteiger partial charge in [-0.05, 0) is 37.3 Å². The first-order valence-corrected chi connectivity index (χ1v) is 5.94. The summed E-state index contributed by atoms with van der Waals surface area (Å²) in [7, 11) is 0. The Morgan fingerprint density at radius 1 is 1.33 bits per heavy atom. The number of non-ortho nitro benzene ring substituents is 1. The van der Waals surface area contributed by atoms with Gasteiger partial charge in [-0.2, -0.15) is 5.10 Å². The molecular formula is C13H15N3O2. The molecule has 1 unspecified atom stereocenters. The van der Waals surface area contributed by atoms with Gasteiger partial charge in [-0.3, -0.25) is 15.5 Å². The molecule has 1 atom stereocenters. The zero-order valence-electron chi connectivity index (χ0n) is 9.95. The molecule has 0 amide bonds. The van der Waals surface area contributed by atoms with Crippen LogP contribution in [0.2, 0.25) is 0 Å². The molecule has 1 aromatic carbocycles. The highest BCUT2D eigenvalue weighted by molar-refractivity contribution is 5.63. The Kier molecular flexibility index (Phi) is 4.06. The Bertz CT molecular complexity index is 466. The second-order valence-electron chi connectivity index (χ2n) is 4.24. The van der Waals surface area contributed by atoms with Crippen molar-refractivity contribution in [2.75, 3.05) is 5.43 Å². The van der Waals surface area contributed by atoms with Gasteiger partial charge < -0.3 is 0 Å². The van der Waals surface area contributed by atoms with Gasteiger partial charge in [0, 0.05) is 18.3 Å². The number of nitro benzene ring substituents is 1. The van der Waals surface area contributed by atoms with Crippen molar-refractivity contribution in [2.45, 2.75) is 19.3 Å². The van der Waals surface area contributed by atoms with Crippen molar-refractivity contribution in [3.8, 4) is 0 Å². The van der Waals surface area contributed by atoms with Gasteiger partial charge in [0.1, 0.15) is 0 Å². The minimum atomic E-state index is -0.415. The standard InChI is InChI=1S/C13H15N3O2/c17-16(18)13-8-6-12(7-9-13)15-14-10-11-4-2-1-3-5-11/h1-2,6-11,15H,3-5H2. The van der Waals surface area contributed by atoms with E-state index in [2.05, 4.69) is 22.7 Å². The predicted octanol–water partition coefficient (Wildman–Crippen LogP) is 3.35. The fourth-order valence-corrected chi connectivity index (χ4v) is 1.83. The van der Waals surface area contributed by atoms with Crippen LogP contribution < -0.4 is 5.43 Å². The molecule has 18 heavy (non-hydrogen) atoms. The monoisotopic (exact) mass is 245 g/mol. The smallest absolute Gasteiger partial charge is 0.269 e. The number of nitro groups is 1. The molecule has 1 aliphatic rings. The highest BCUT2D eigenvalue weighted by Crippen LogP contribution is 2.17. The SMILES string of the molecule is O=[N+]([O-])c1ccc(NN=CC2CC=CCC2)cc1. The molecule has 0 bridgehead atoms. The Morgan fingerprint density at radius 3 is 2.72 bits per heavy atom. The van der Waals surface area contributed by atoms with Gasteiger partial charge in [0.05, 0.1) is 10.6 Å². The van der Waals surface area contributed by atoms with Gasteiger partial charge in [0.15, 0.2) is 0 Å². The number of rotatable bonds is 4. The highest BCUT2D eigenvalue weighted by Gasteiger charge is 2.06. The largest absolute Gasteiger partial charge is 0.279 e. The van der Waals surface area contributed by atoms with Gasteiger partial charge >= 0.3 is 0 Å². The fourth-order valence-electron chi connectivity index (χ4n) is 1.83. The van der Waals surface area contributed by atoms with Crippen molar-refractivity contribution in [1.82, 2.24) is 0 Å². The predicted molar refractivity (Wildman–Crippen MR) is 71.7 cm³/mol. The zero-order chi connectivity index (χ0) is 12.8. The normalized spacial score (nSPS) is 19.0. The molecule has 5 nitrogen and oxygen atoms in total. The van der Waals surface area contributed by atoms with E-state index in [0.29, 0.717) is 5.92 Å². The second kappa shape index (κ2) is 5.95. The van der Waals surface area contributed by atoms with Crippen LogP contribution in [-0.2, 0) is 0 Å². The van der Waals surface area contributed by atoms with E-state index in [-0.39, 0.29) is 5.69 Å². The first-order chi connectivity index (χ1) is 8.75. The van der Waals surface area contributed by atoms with E-state index < -0.39 is 4.92 Å². The van der Waals surface area contributed by atoms with Crippen molar-refractivity contribution in [2.24, 2.45) is 11.0 Å².